The highest BCUT2D eigenvalue weighted by atomic mass is 16.3. The van der Waals surface area contributed by atoms with Crippen LogP contribution in [0.1, 0.15) is 38.9 Å². The molecule has 5 aliphatic heterocycles. The number of nitrogens with zero attached hydrogens (tertiary/aromatic N) is 4. The van der Waals surface area contributed by atoms with E-state index in [0.717, 1.165) is 39.7 Å². The molecular weight excluding hydrogens is 1230 g/mol. The van der Waals surface area contributed by atoms with Crippen molar-refractivity contribution in [2.75, 3.05) is 9.80 Å². The summed E-state index contributed by atoms with van der Waals surface area (Å²) in [5.74, 6) is 0. The Morgan fingerprint density at radius 1 is 0.324 bits per heavy atom. The van der Waals surface area contributed by atoms with E-state index in [1.807, 2.05) is 0 Å². The van der Waals surface area contributed by atoms with Crippen LogP contribution in [0.2, 0.25) is 0 Å². The van der Waals surface area contributed by atoms with Crippen molar-refractivity contribution < 1.29 is 4.42 Å². The van der Waals surface area contributed by atoms with Gasteiger partial charge >= 0.3 is 13.7 Å². The van der Waals surface area contributed by atoms with Crippen LogP contribution in [0.25, 0.3) is 132 Å². The summed E-state index contributed by atoms with van der Waals surface area (Å²) in [5.41, 5.74) is 37.9. The summed E-state index contributed by atoms with van der Waals surface area (Å²) in [6.07, 6.45) is 0.745. The van der Waals surface area contributed by atoms with Gasteiger partial charge in [-0.25, -0.2) is 0 Å². The van der Waals surface area contributed by atoms with Crippen LogP contribution in [0.5, 0.6) is 0 Å². The van der Waals surface area contributed by atoms with Crippen molar-refractivity contribution in [3.8, 4) is 44.5 Å². The zero-order valence-corrected chi connectivity index (χ0v) is 55.5. The highest BCUT2D eigenvalue weighted by Crippen LogP contribution is 2.64. The van der Waals surface area contributed by atoms with Crippen LogP contribution < -0.4 is 31.7 Å². The van der Waals surface area contributed by atoms with Gasteiger partial charge < -0.3 is 23.2 Å². The normalized spacial score (nSPS) is 14.2. The summed E-state index contributed by atoms with van der Waals surface area (Å²) < 4.78 is 12.4. The van der Waals surface area contributed by atoms with Gasteiger partial charge in [0.15, 0.2) is 5.58 Å². The summed E-state index contributed by atoms with van der Waals surface area (Å²) in [6.45, 7) is 2.03. The lowest BCUT2D eigenvalue weighted by Crippen LogP contribution is -2.58. The van der Waals surface area contributed by atoms with Crippen LogP contribution >= 0.6 is 0 Å². The van der Waals surface area contributed by atoms with Crippen molar-refractivity contribution in [3.63, 3.8) is 0 Å². The lowest BCUT2D eigenvalue weighted by molar-refractivity contribution is 0.669. The standard InChI is InChI=1S/C95H56B2N4O/c1-54-43-73-68-28-15-26-67-72-50-60-40-39-55(46-62(60)53-84(72)100(91(67)68)96-79-42-41-61(57-19-3-2-4-20-57)52-85(79)98(86(44-54)89(73)96)82-37-17-30-70-65-25-9-14-38-88(65)102-94(70)82)45-56-47-74-69-29-16-27-66-71-49-58-21-5-6-22-59(58)51-83(71)101(92(66)69)97-80-35-18-34-78-93(80)99(87(48-56)90(74)97)81-36-13-12-33-77(81)95(78)75-31-10-7-23-63(75)64-24-8-11-32-76(64)95/h2-44,46-53H,45H2,1H3. The van der Waals surface area contributed by atoms with E-state index in [2.05, 4.69) is 335 Å². The molecule has 6 aliphatic rings. The van der Waals surface area contributed by atoms with Crippen molar-refractivity contribution in [1.82, 2.24) is 8.96 Å². The topological polar surface area (TPSA) is 29.5 Å². The number of fused-ring (bicyclic) bond motifs is 28. The van der Waals surface area contributed by atoms with E-state index < -0.39 is 5.41 Å². The molecule has 16 aromatic carbocycles. The predicted molar refractivity (Wildman–Crippen MR) is 426 cm³/mol. The van der Waals surface area contributed by atoms with E-state index in [1.54, 1.807) is 0 Å². The molecule has 0 unspecified atom stereocenters. The first-order valence-corrected chi connectivity index (χ1v) is 35.9. The second kappa shape index (κ2) is 19.1. The molecule has 19 aromatic rings. The lowest BCUT2D eigenvalue weighted by Gasteiger charge is -2.49. The van der Waals surface area contributed by atoms with E-state index in [9.17, 15) is 0 Å². The van der Waals surface area contributed by atoms with Crippen LogP contribution in [0.15, 0.2) is 314 Å². The van der Waals surface area contributed by atoms with Crippen molar-refractivity contribution in [3.05, 3.63) is 348 Å². The van der Waals surface area contributed by atoms with Gasteiger partial charge in [0.1, 0.15) is 5.58 Å². The lowest BCUT2D eigenvalue weighted by atomic mass is 9.44. The summed E-state index contributed by atoms with van der Waals surface area (Å²) in [5, 5.41) is 12.4. The number of hydrogen-bond donors (Lipinski definition) is 0. The second-order valence-electron chi connectivity index (χ2n) is 29.4. The van der Waals surface area contributed by atoms with Crippen LogP contribution in [-0.4, -0.2) is 22.7 Å². The number of anilines is 6. The number of aromatic nitrogens is 2. The zero-order valence-electron chi connectivity index (χ0n) is 55.5. The Hall–Kier alpha value is -12.8. The molecule has 1 aliphatic carbocycles. The van der Waals surface area contributed by atoms with Gasteiger partial charge in [-0.05, 0) is 190 Å². The van der Waals surface area contributed by atoms with Crippen molar-refractivity contribution in [2.45, 2.75) is 18.8 Å². The molecule has 0 N–H and O–H groups in total. The average Bonchev–Trinajstić information content (AvgIpc) is 1.33. The third-order valence-corrected chi connectivity index (χ3v) is 24.4. The van der Waals surface area contributed by atoms with Crippen LogP contribution in [0, 0.1) is 6.92 Å². The highest BCUT2D eigenvalue weighted by Gasteiger charge is 2.55. The third-order valence-electron chi connectivity index (χ3n) is 24.4. The minimum absolute atomic E-state index is 0.106. The summed E-state index contributed by atoms with van der Waals surface area (Å²) in [7, 11) is 0. The fourth-order valence-electron chi connectivity index (χ4n) is 20.5. The molecule has 3 aromatic heterocycles. The Morgan fingerprint density at radius 3 is 1.68 bits per heavy atom. The summed E-state index contributed by atoms with van der Waals surface area (Å²) in [4.78, 5) is 5.22. The number of benzene rings is 16. The van der Waals surface area contributed by atoms with Crippen molar-refractivity contribution in [1.29, 1.82) is 0 Å². The van der Waals surface area contributed by atoms with E-state index in [-0.39, 0.29) is 13.7 Å². The maximum absolute atomic E-state index is 6.96. The Bertz CT molecular complexity index is 7070. The molecule has 1 spiro atoms. The minimum Gasteiger partial charge on any atom is -0.454 e. The molecule has 0 radical (unpaired) electrons. The Morgan fingerprint density at radius 2 is 0.902 bits per heavy atom. The monoisotopic (exact) mass is 1290 g/mol. The SMILES string of the molecule is Cc1cc2c3c(c1)N(c1cccc4c1oc1ccccc14)c1cc(-c4ccccc4)ccc1B3n1c3cc4cc(Cc5cc6c7c(c5)N5c8ccccc8C8(c9ccccc9-c9ccccc98)c8cccc(c85)B7n5c7cc8ccccc8cc7c7cccc-6c75)ccc4cc3c3cccc-2c31. The maximum atomic E-state index is 6.96. The predicted octanol–water partition coefficient (Wildman–Crippen LogP) is 21.2. The molecule has 0 atom stereocenters. The van der Waals surface area contributed by atoms with Gasteiger partial charge in [-0.15, -0.1) is 0 Å². The van der Waals surface area contributed by atoms with E-state index in [1.165, 1.54) is 193 Å². The van der Waals surface area contributed by atoms with E-state index in [0.29, 0.717) is 0 Å². The van der Waals surface area contributed by atoms with Gasteiger partial charge in [0, 0.05) is 88.3 Å². The number of hydrogen-bond acceptors (Lipinski definition) is 3. The third kappa shape index (κ3) is 6.64. The highest BCUT2D eigenvalue weighted by molar-refractivity contribution is 6.91. The van der Waals surface area contributed by atoms with Crippen LogP contribution in [-0.2, 0) is 11.8 Å². The Labute approximate surface area is 587 Å². The second-order valence-corrected chi connectivity index (χ2v) is 29.4. The maximum Gasteiger partial charge on any atom is 0.333 e. The molecule has 0 fully saturated rings. The first-order valence-electron chi connectivity index (χ1n) is 35.9. The summed E-state index contributed by atoms with van der Waals surface area (Å²) in [6, 6.07) is 119. The minimum atomic E-state index is -0.550. The largest absolute Gasteiger partial charge is 0.454 e. The fourth-order valence-corrected chi connectivity index (χ4v) is 20.5. The van der Waals surface area contributed by atoms with Gasteiger partial charge in [0.2, 0.25) is 0 Å². The summed E-state index contributed by atoms with van der Waals surface area (Å²) >= 11 is 0. The molecule has 468 valence electrons. The quantitative estimate of drug-likeness (QED) is 0.165. The van der Waals surface area contributed by atoms with Gasteiger partial charge in [-0.3, -0.25) is 0 Å². The Kier molecular flexibility index (Phi) is 10.1. The Balaban J connectivity index is 0.704. The van der Waals surface area contributed by atoms with Gasteiger partial charge in [-0.1, -0.05) is 249 Å². The molecule has 25 rings (SSSR count). The van der Waals surface area contributed by atoms with Crippen LogP contribution in [0.3, 0.4) is 0 Å². The number of rotatable bonds is 4. The molecule has 0 bridgehead atoms. The molecular formula is C95H56B2N4O. The van der Waals surface area contributed by atoms with E-state index in [4.69, 9.17) is 4.42 Å². The molecule has 0 saturated heterocycles. The van der Waals surface area contributed by atoms with Crippen molar-refractivity contribution in [2.24, 2.45) is 0 Å². The molecule has 7 heteroatoms. The smallest absolute Gasteiger partial charge is 0.333 e. The number of aryl methyl sites for hydroxylation is 1. The molecule has 8 heterocycles. The fraction of sp³-hybridized carbons (Fsp3) is 0.0316. The molecule has 0 amide bonds. The van der Waals surface area contributed by atoms with Gasteiger partial charge in [-0.2, -0.15) is 0 Å². The first kappa shape index (κ1) is 54.1. The van der Waals surface area contributed by atoms with Gasteiger partial charge in [0.25, 0.3) is 0 Å². The zero-order chi connectivity index (χ0) is 66.1. The average molecular weight is 1290 g/mol. The van der Waals surface area contributed by atoms with Crippen LogP contribution in [0.4, 0.5) is 34.1 Å². The molecule has 0 saturated carbocycles. The number of para-hydroxylation sites is 6. The van der Waals surface area contributed by atoms with Crippen molar-refractivity contribution >= 4 is 157 Å². The van der Waals surface area contributed by atoms with E-state index >= 15 is 0 Å². The molecule has 102 heavy (non-hydrogen) atoms. The van der Waals surface area contributed by atoms with Gasteiger partial charge in [0.05, 0.1) is 16.8 Å². The first-order chi connectivity index (χ1) is 50.5. The molecule has 5 nitrogen and oxygen atoms in total. The number of furan rings is 1.